The monoisotopic (exact) mass is 366 g/mol. The van der Waals surface area contributed by atoms with Crippen molar-refractivity contribution in [1.29, 1.82) is 0 Å². The molecule has 0 unspecified atom stereocenters. The predicted molar refractivity (Wildman–Crippen MR) is 103 cm³/mol. The summed E-state index contributed by atoms with van der Waals surface area (Å²) in [7, 11) is 3.05. The van der Waals surface area contributed by atoms with Crippen molar-refractivity contribution in [2.75, 3.05) is 31.0 Å². The Kier molecular flexibility index (Phi) is 4.26. The van der Waals surface area contributed by atoms with E-state index in [9.17, 15) is 9.59 Å². The lowest BCUT2D eigenvalue weighted by Gasteiger charge is -2.26. The summed E-state index contributed by atoms with van der Waals surface area (Å²) in [5.74, 6) is 0.588. The van der Waals surface area contributed by atoms with Crippen LogP contribution in [0.1, 0.15) is 40.7 Å². The maximum absolute atomic E-state index is 12.9. The van der Waals surface area contributed by atoms with Crippen LogP contribution >= 0.6 is 0 Å². The van der Waals surface area contributed by atoms with Gasteiger partial charge in [-0.3, -0.25) is 9.59 Å². The molecule has 140 valence electrons. The molecule has 2 aliphatic heterocycles. The summed E-state index contributed by atoms with van der Waals surface area (Å²) in [4.78, 5) is 27.2. The molecule has 0 spiro atoms. The number of carbonyl (C=O) groups is 2. The van der Waals surface area contributed by atoms with Crippen molar-refractivity contribution in [3.63, 3.8) is 0 Å². The number of anilines is 2. The molecule has 0 saturated carbocycles. The van der Waals surface area contributed by atoms with E-state index in [0.717, 1.165) is 36.2 Å². The van der Waals surface area contributed by atoms with Gasteiger partial charge in [0, 0.05) is 12.2 Å². The van der Waals surface area contributed by atoms with E-state index in [4.69, 9.17) is 9.47 Å². The summed E-state index contributed by atoms with van der Waals surface area (Å²) in [5.41, 5.74) is 4.24. The van der Waals surface area contributed by atoms with Crippen LogP contribution in [-0.4, -0.2) is 32.6 Å². The van der Waals surface area contributed by atoms with Gasteiger partial charge < -0.3 is 19.7 Å². The van der Waals surface area contributed by atoms with Crippen molar-refractivity contribution in [2.45, 2.75) is 25.7 Å². The van der Waals surface area contributed by atoms with Gasteiger partial charge in [0.2, 0.25) is 5.91 Å². The number of rotatable bonds is 4. The van der Waals surface area contributed by atoms with Crippen molar-refractivity contribution in [3.8, 4) is 11.5 Å². The molecule has 0 aliphatic carbocycles. The van der Waals surface area contributed by atoms with Gasteiger partial charge in [-0.1, -0.05) is 6.07 Å². The Morgan fingerprint density at radius 2 is 2.04 bits per heavy atom. The molecule has 2 aromatic carbocycles. The molecule has 6 heteroatoms. The molecular weight excluding hydrogens is 344 g/mol. The quantitative estimate of drug-likeness (QED) is 0.901. The highest BCUT2D eigenvalue weighted by atomic mass is 16.5. The number of ether oxygens (including phenoxy) is 2. The van der Waals surface area contributed by atoms with Gasteiger partial charge in [-0.2, -0.15) is 0 Å². The minimum Gasteiger partial charge on any atom is -0.493 e. The molecule has 0 radical (unpaired) electrons. The molecule has 2 amide bonds. The SMILES string of the molecule is COc1cccc(C(=O)Nc2cc3c4c(c2)[C@@H](C)C(=O)N4CCC3)c1OC. The van der Waals surface area contributed by atoms with Crippen molar-refractivity contribution in [1.82, 2.24) is 0 Å². The number of hydrogen-bond donors (Lipinski definition) is 1. The molecule has 0 fully saturated rings. The van der Waals surface area contributed by atoms with Gasteiger partial charge >= 0.3 is 0 Å². The van der Waals surface area contributed by atoms with Crippen molar-refractivity contribution in [3.05, 3.63) is 47.0 Å². The summed E-state index contributed by atoms with van der Waals surface area (Å²) in [5, 5.41) is 2.96. The van der Waals surface area contributed by atoms with E-state index in [2.05, 4.69) is 5.32 Å². The summed E-state index contributed by atoms with van der Waals surface area (Å²) < 4.78 is 10.6. The molecule has 0 aromatic heterocycles. The van der Waals surface area contributed by atoms with Crippen LogP contribution in [0.3, 0.4) is 0 Å². The molecule has 2 heterocycles. The van der Waals surface area contributed by atoms with Gasteiger partial charge in [0.25, 0.3) is 5.91 Å². The van der Waals surface area contributed by atoms with Crippen LogP contribution < -0.4 is 19.7 Å². The van der Waals surface area contributed by atoms with Crippen molar-refractivity contribution < 1.29 is 19.1 Å². The minimum atomic E-state index is -0.275. The molecule has 0 saturated heterocycles. The molecule has 0 bridgehead atoms. The molecule has 2 aliphatic rings. The Morgan fingerprint density at radius 3 is 2.78 bits per heavy atom. The number of hydrogen-bond acceptors (Lipinski definition) is 4. The van der Waals surface area contributed by atoms with Gasteiger partial charge in [0.05, 0.1) is 31.4 Å². The van der Waals surface area contributed by atoms with E-state index >= 15 is 0 Å². The Labute approximate surface area is 158 Å². The second kappa shape index (κ2) is 6.61. The molecule has 6 nitrogen and oxygen atoms in total. The largest absolute Gasteiger partial charge is 0.493 e. The van der Waals surface area contributed by atoms with Crippen LogP contribution in [0.15, 0.2) is 30.3 Å². The highest BCUT2D eigenvalue weighted by Gasteiger charge is 2.38. The lowest BCUT2D eigenvalue weighted by atomic mass is 9.96. The number of benzene rings is 2. The Balaban J connectivity index is 1.69. The normalized spacial score (nSPS) is 17.5. The Morgan fingerprint density at radius 1 is 1.22 bits per heavy atom. The number of amides is 2. The second-order valence-corrected chi connectivity index (χ2v) is 6.88. The number of nitrogens with one attached hydrogen (secondary N) is 1. The summed E-state index contributed by atoms with van der Waals surface area (Å²) >= 11 is 0. The van der Waals surface area contributed by atoms with Crippen LogP contribution in [0.4, 0.5) is 11.4 Å². The molecular formula is C21H22N2O4. The van der Waals surface area contributed by atoms with Gasteiger partial charge in [-0.25, -0.2) is 0 Å². The molecule has 4 rings (SSSR count). The highest BCUT2D eigenvalue weighted by Crippen LogP contribution is 2.44. The van der Waals surface area contributed by atoms with Crippen molar-refractivity contribution in [2.24, 2.45) is 0 Å². The first-order chi connectivity index (χ1) is 13.0. The first-order valence-electron chi connectivity index (χ1n) is 9.05. The fourth-order valence-electron chi connectivity index (χ4n) is 4.03. The molecule has 2 aromatic rings. The first kappa shape index (κ1) is 17.4. The van der Waals surface area contributed by atoms with Gasteiger partial charge in [0.1, 0.15) is 0 Å². The average molecular weight is 366 g/mol. The predicted octanol–water partition coefficient (Wildman–Crippen LogP) is 3.35. The van der Waals surface area contributed by atoms with E-state index in [1.807, 2.05) is 24.0 Å². The summed E-state index contributed by atoms with van der Waals surface area (Å²) in [6.45, 7) is 2.70. The minimum absolute atomic E-state index is 0.142. The van der Waals surface area contributed by atoms with E-state index < -0.39 is 0 Å². The van der Waals surface area contributed by atoms with Gasteiger partial charge in [0.15, 0.2) is 11.5 Å². The first-order valence-corrected chi connectivity index (χ1v) is 9.05. The third-order valence-electron chi connectivity index (χ3n) is 5.32. The van der Waals surface area contributed by atoms with E-state index in [-0.39, 0.29) is 17.7 Å². The zero-order valence-electron chi connectivity index (χ0n) is 15.7. The van der Waals surface area contributed by atoms with E-state index in [1.54, 1.807) is 18.2 Å². The number of methoxy groups -OCH3 is 2. The zero-order chi connectivity index (χ0) is 19.1. The zero-order valence-corrected chi connectivity index (χ0v) is 15.7. The maximum atomic E-state index is 12.9. The topological polar surface area (TPSA) is 67.9 Å². The van der Waals surface area contributed by atoms with Crippen LogP contribution in [0.2, 0.25) is 0 Å². The third kappa shape index (κ3) is 2.72. The van der Waals surface area contributed by atoms with Gasteiger partial charge in [-0.05, 0) is 55.2 Å². The lowest BCUT2D eigenvalue weighted by molar-refractivity contribution is -0.119. The number of para-hydroxylation sites is 1. The lowest BCUT2D eigenvalue weighted by Crippen LogP contribution is -2.32. The number of aryl methyl sites for hydroxylation is 1. The second-order valence-electron chi connectivity index (χ2n) is 6.88. The highest BCUT2D eigenvalue weighted by molar-refractivity contribution is 6.09. The molecule has 1 N–H and O–H groups in total. The number of nitrogens with zero attached hydrogens (tertiary/aromatic N) is 1. The van der Waals surface area contributed by atoms with Crippen molar-refractivity contribution >= 4 is 23.2 Å². The third-order valence-corrected chi connectivity index (χ3v) is 5.32. The standard InChI is InChI=1S/C21H22N2O4/c1-12-16-11-14(10-13-6-5-9-23(18(13)16)21(12)25)22-20(24)15-7-4-8-17(26-2)19(15)27-3/h4,7-8,10-12H,5-6,9H2,1-3H3,(H,22,24)/t12-/m1/s1. The molecule has 27 heavy (non-hydrogen) atoms. The maximum Gasteiger partial charge on any atom is 0.259 e. The molecule has 1 atom stereocenters. The van der Waals surface area contributed by atoms with E-state index in [0.29, 0.717) is 22.7 Å². The fraction of sp³-hybridized carbons (Fsp3) is 0.333. The summed E-state index contributed by atoms with van der Waals surface area (Å²) in [6, 6.07) is 9.08. The fourth-order valence-corrected chi connectivity index (χ4v) is 4.03. The average Bonchev–Trinajstić information content (AvgIpc) is 2.93. The van der Waals surface area contributed by atoms with Crippen LogP contribution in [0.25, 0.3) is 0 Å². The van der Waals surface area contributed by atoms with Crippen LogP contribution in [0, 0.1) is 0 Å². The van der Waals surface area contributed by atoms with Crippen LogP contribution in [-0.2, 0) is 11.2 Å². The number of carbonyl (C=O) groups excluding carboxylic acids is 2. The van der Waals surface area contributed by atoms with Crippen LogP contribution in [0.5, 0.6) is 11.5 Å². The summed E-state index contributed by atoms with van der Waals surface area (Å²) in [6.07, 6.45) is 1.84. The smallest absolute Gasteiger partial charge is 0.259 e. The Bertz CT molecular complexity index is 938. The van der Waals surface area contributed by atoms with E-state index in [1.165, 1.54) is 14.2 Å². The Hall–Kier alpha value is -3.02. The van der Waals surface area contributed by atoms with Gasteiger partial charge in [-0.15, -0.1) is 0 Å².